The van der Waals surface area contributed by atoms with Crippen LogP contribution in [0.5, 0.6) is 0 Å². The second-order valence-electron chi connectivity index (χ2n) is 17.1. The molecule has 5 N–H and O–H groups in total. The molecule has 0 radical (unpaired) electrons. The molecule has 0 atom stereocenters. The maximum absolute atomic E-state index is 12.6. The van der Waals surface area contributed by atoms with Crippen molar-refractivity contribution >= 4 is 45.9 Å². The zero-order valence-electron chi connectivity index (χ0n) is 46.8. The van der Waals surface area contributed by atoms with Gasteiger partial charge in [0, 0.05) is 63.3 Å². The maximum atomic E-state index is 12.6. The molecule has 2 aliphatic rings. The number of aromatic nitrogens is 10. The molecule has 9 aromatic rings. The summed E-state index contributed by atoms with van der Waals surface area (Å²) in [6.07, 6.45) is 11.0. The van der Waals surface area contributed by atoms with Gasteiger partial charge in [0.15, 0.2) is 22.7 Å². The molecule has 342 valence electrons. The Kier molecular flexibility index (Phi) is 8.96. The van der Waals surface area contributed by atoms with Gasteiger partial charge in [0.05, 0.1) is 71.7 Å². The number of carboxylic acids is 2. The molecule has 0 saturated heterocycles. The number of fused-ring (bicyclic) bond motifs is 4. The Hall–Kier alpha value is -8.14. The Bertz CT molecular complexity index is 3870. The van der Waals surface area contributed by atoms with Crippen molar-refractivity contribution in [1.29, 1.82) is 0 Å². The van der Waals surface area contributed by atoms with Crippen LogP contribution in [-0.4, -0.2) is 77.3 Å². The van der Waals surface area contributed by atoms with Crippen LogP contribution in [0.1, 0.15) is 111 Å². The van der Waals surface area contributed by atoms with Crippen LogP contribution in [0, 0.1) is 18.8 Å². The zero-order valence-corrected chi connectivity index (χ0v) is 36.8. The molecule has 2 fully saturated rings. The molecule has 2 saturated carbocycles. The van der Waals surface area contributed by atoms with E-state index in [-0.39, 0.29) is 81.6 Å². The van der Waals surface area contributed by atoms with E-state index in [0.717, 1.165) is 29.6 Å². The van der Waals surface area contributed by atoms with Gasteiger partial charge in [-0.15, -0.1) is 0 Å². The van der Waals surface area contributed by atoms with E-state index in [1.54, 1.807) is 47.4 Å². The molecule has 7 aromatic heterocycles. The summed E-state index contributed by atoms with van der Waals surface area (Å²) in [5, 5.41) is 36.1. The van der Waals surface area contributed by atoms with E-state index in [9.17, 15) is 24.6 Å². The minimum Gasteiger partial charge on any atom is -0.481 e. The number of hydrogen-bond acceptors (Lipinski definition) is 11. The number of carboxylic acid groups (broad SMARTS) is 2. The molecule has 0 unspecified atom stereocenters. The van der Waals surface area contributed by atoms with Crippen LogP contribution in [0.4, 0.5) is 5.82 Å². The van der Waals surface area contributed by atoms with E-state index in [1.165, 1.54) is 17.6 Å². The van der Waals surface area contributed by atoms with E-state index >= 15 is 0 Å². The largest absolute Gasteiger partial charge is 0.481 e. The predicted molar refractivity (Wildman–Crippen MR) is 257 cm³/mol. The van der Waals surface area contributed by atoms with Crippen LogP contribution in [0.25, 0.3) is 67.1 Å². The highest BCUT2D eigenvalue weighted by atomic mass is 16.4. The topological polar surface area (TPSA) is 233 Å². The molecular formula is C52H49N11O5. The first-order valence-electron chi connectivity index (χ1n) is 27.1. The fraction of sp³-hybridized carbons (Fsp3) is 0.269. The van der Waals surface area contributed by atoms with E-state index in [4.69, 9.17) is 29.4 Å². The van der Waals surface area contributed by atoms with Crippen molar-refractivity contribution in [3.05, 3.63) is 132 Å². The van der Waals surface area contributed by atoms with Gasteiger partial charge in [0.2, 0.25) is 0 Å². The lowest BCUT2D eigenvalue weighted by molar-refractivity contribution is -0.143. The Morgan fingerprint density at radius 3 is 1.57 bits per heavy atom. The van der Waals surface area contributed by atoms with Gasteiger partial charge < -0.3 is 15.9 Å². The van der Waals surface area contributed by atoms with Gasteiger partial charge in [-0.1, -0.05) is 72.6 Å². The average molecular weight is 918 g/mol. The summed E-state index contributed by atoms with van der Waals surface area (Å²) in [7, 11) is 0. The predicted octanol–water partition coefficient (Wildman–Crippen LogP) is 9.60. The van der Waals surface area contributed by atoms with Crippen LogP contribution in [-0.2, 0) is 9.59 Å². The van der Waals surface area contributed by atoms with Gasteiger partial charge in [-0.3, -0.25) is 29.5 Å². The quantitative estimate of drug-likeness (QED) is 0.0989. The number of aryl methyl sites for hydroxylation is 1. The average Bonchev–Trinajstić information content (AvgIpc) is 4.22. The Morgan fingerprint density at radius 2 is 1.10 bits per heavy atom. The summed E-state index contributed by atoms with van der Waals surface area (Å²) in [5.74, 6) is -2.45. The van der Waals surface area contributed by atoms with E-state index in [1.807, 2.05) is 6.92 Å². The summed E-state index contributed by atoms with van der Waals surface area (Å²) >= 11 is 0. The second-order valence-corrected chi connectivity index (χ2v) is 17.1. The third-order valence-corrected chi connectivity index (χ3v) is 13.0. The number of aromatic amines is 1. The van der Waals surface area contributed by atoms with Crippen molar-refractivity contribution in [2.75, 3.05) is 5.73 Å². The lowest BCUT2D eigenvalue weighted by Gasteiger charge is -2.27. The number of nitrogens with one attached hydrogen (secondary N) is 1. The van der Waals surface area contributed by atoms with Crippen molar-refractivity contribution in [3.8, 4) is 44.8 Å². The summed E-state index contributed by atoms with van der Waals surface area (Å²) in [6, 6.07) is 2.72. The summed E-state index contributed by atoms with van der Waals surface area (Å²) in [5.41, 5.74) is 13.7. The molecule has 11 rings (SSSR count). The first-order valence-corrected chi connectivity index (χ1v) is 22.1. The van der Waals surface area contributed by atoms with Crippen molar-refractivity contribution in [1.82, 2.24) is 49.4 Å². The first kappa shape index (κ1) is 33.3. The number of carbonyl (C=O) groups excluding carboxylic acids is 1. The maximum Gasteiger partial charge on any atom is 0.306 e. The Morgan fingerprint density at radius 1 is 0.632 bits per heavy atom. The standard InChI is InChI=1S/C26H24N6O2.C26H25N5O3/c1-15-22-23(17-7-9-18(10-8-17)26(33)34)29-24-20(14-28-32(24)25(22)31-30-15)19-11-12-21(27-13-19)16-5-3-2-4-6-16;1-15(32)22-23(17-7-9-18(10-8-17)26(33)34)30-25-20(14-29-31(25)24(22)27)19-11-12-21(28-13-19)16-5-3-2-4-6-16/h2-6,11-14,17-18H,7-10H2,1H3,(H,30,31)(H,33,34);2-6,11-14,17-18H,7-10,27H2,1H3,(H,33,34)/i2*2D,3D,4D,5D,6D. The Labute approximate surface area is 404 Å². The normalized spacial score (nSPS) is 20.4. The molecule has 0 aliphatic heterocycles. The van der Waals surface area contributed by atoms with Gasteiger partial charge in [0.1, 0.15) is 5.82 Å². The number of benzene rings is 2. The number of hydrogen-bond donors (Lipinski definition) is 4. The lowest BCUT2D eigenvalue weighted by Crippen LogP contribution is -2.23. The molecular weight excluding hydrogens is 859 g/mol. The minimum atomic E-state index is -0.819. The van der Waals surface area contributed by atoms with Crippen LogP contribution in [0.15, 0.2) is 109 Å². The number of nitrogens with two attached hydrogens (primary N) is 1. The molecule has 2 aliphatic carbocycles. The van der Waals surface area contributed by atoms with Gasteiger partial charge >= 0.3 is 11.9 Å². The van der Waals surface area contributed by atoms with Gasteiger partial charge in [-0.25, -0.2) is 9.97 Å². The van der Waals surface area contributed by atoms with Crippen LogP contribution in [0.3, 0.4) is 0 Å². The molecule has 68 heavy (non-hydrogen) atoms. The van der Waals surface area contributed by atoms with Crippen molar-refractivity contribution in [3.63, 3.8) is 0 Å². The van der Waals surface area contributed by atoms with Crippen molar-refractivity contribution < 1.29 is 38.3 Å². The molecule has 16 nitrogen and oxygen atoms in total. The molecule has 2 aromatic carbocycles. The molecule has 0 amide bonds. The number of ketones is 1. The third kappa shape index (κ3) is 8.22. The monoisotopic (exact) mass is 917 g/mol. The van der Waals surface area contributed by atoms with Gasteiger partial charge in [-0.05, 0) is 77.3 Å². The smallest absolute Gasteiger partial charge is 0.306 e. The fourth-order valence-corrected chi connectivity index (χ4v) is 9.43. The fourth-order valence-electron chi connectivity index (χ4n) is 9.43. The van der Waals surface area contributed by atoms with E-state index in [0.29, 0.717) is 83.4 Å². The zero-order chi connectivity index (χ0) is 55.8. The summed E-state index contributed by atoms with van der Waals surface area (Å²) in [6.45, 7) is 3.35. The lowest BCUT2D eigenvalue weighted by atomic mass is 9.79. The SMILES string of the molecule is [2H]c1c([2H])c([2H])c(-c2ccc(-c3cnn4c(N)c(C(C)=O)c(C5CCC(C(=O)O)CC5)nc34)cn2)c([2H])c1[2H].[2H]c1c([2H])c([2H])c(-c2ccc(-c3cnn4c3nc(C3CCC(C(=O)O)CC3)c3c(C)[nH]nc34)cn2)c([2H])c1[2H]. The highest BCUT2D eigenvalue weighted by Crippen LogP contribution is 2.41. The number of pyridine rings is 2. The van der Waals surface area contributed by atoms with Crippen molar-refractivity contribution in [2.45, 2.75) is 77.0 Å². The molecule has 7 heterocycles. The van der Waals surface area contributed by atoms with Crippen molar-refractivity contribution in [2.24, 2.45) is 11.8 Å². The number of rotatable bonds is 9. The van der Waals surface area contributed by atoms with Gasteiger partial charge in [-0.2, -0.15) is 24.3 Å². The minimum absolute atomic E-state index is 0.000124. The Balaban J connectivity index is 0.000000176. The molecule has 0 bridgehead atoms. The number of anilines is 1. The van der Waals surface area contributed by atoms with E-state index < -0.39 is 54.1 Å². The number of aliphatic carboxylic acids is 2. The highest BCUT2D eigenvalue weighted by Gasteiger charge is 2.33. The van der Waals surface area contributed by atoms with Crippen LogP contribution < -0.4 is 5.73 Å². The second kappa shape index (κ2) is 18.3. The first-order chi connectivity index (χ1) is 37.2. The number of nitrogen functional groups attached to an aromatic ring is 1. The molecule has 16 heteroatoms. The number of nitrogens with zero attached hydrogens (tertiary/aromatic N) is 9. The third-order valence-electron chi connectivity index (χ3n) is 13.0. The highest BCUT2D eigenvalue weighted by molar-refractivity contribution is 6.00. The summed E-state index contributed by atoms with van der Waals surface area (Å²) in [4.78, 5) is 54.1. The van der Waals surface area contributed by atoms with Crippen LogP contribution in [0.2, 0.25) is 0 Å². The van der Waals surface area contributed by atoms with Crippen LogP contribution >= 0.6 is 0 Å². The van der Waals surface area contributed by atoms with E-state index in [2.05, 4.69) is 30.4 Å². The number of Topliss-reactive ketones (excluding diaryl/α,β-unsaturated/α-hetero) is 1. The molecule has 0 spiro atoms. The number of carbonyl (C=O) groups is 3. The van der Waals surface area contributed by atoms with Gasteiger partial charge in [0.25, 0.3) is 0 Å². The number of H-pyrrole nitrogens is 1. The summed E-state index contributed by atoms with van der Waals surface area (Å²) < 4.78 is 83.2.